The molecule has 4 aromatic rings. The van der Waals surface area contributed by atoms with E-state index in [4.69, 9.17) is 0 Å². The molecule has 2 aromatic carbocycles. The summed E-state index contributed by atoms with van der Waals surface area (Å²) < 4.78 is 1.74. The molecule has 0 saturated carbocycles. The molecule has 0 saturated heterocycles. The first-order valence-electron chi connectivity index (χ1n) is 9.27. The second-order valence-corrected chi connectivity index (χ2v) is 7.61. The van der Waals surface area contributed by atoms with Crippen molar-refractivity contribution in [3.05, 3.63) is 67.1 Å². The largest absolute Gasteiger partial charge is 0.323 e. The second kappa shape index (κ2) is 7.60. The zero-order valence-corrected chi connectivity index (χ0v) is 16.5. The first-order valence-corrected chi connectivity index (χ1v) is 10.3. The van der Waals surface area contributed by atoms with E-state index in [2.05, 4.69) is 20.4 Å². The molecule has 1 aliphatic rings. The van der Waals surface area contributed by atoms with Gasteiger partial charge in [0.15, 0.2) is 5.65 Å². The summed E-state index contributed by atoms with van der Waals surface area (Å²) in [6.45, 7) is 0.00152. The zero-order valence-electron chi connectivity index (χ0n) is 15.7. The Kier molecular flexibility index (Phi) is 4.64. The maximum Gasteiger partial charge on any atom is 0.244 e. The number of hydrogen-bond donors (Lipinski definition) is 1. The molecule has 0 unspecified atom stereocenters. The highest BCUT2D eigenvalue weighted by Crippen LogP contribution is 2.31. The molecule has 0 bridgehead atoms. The average molecular weight is 416 g/mol. The highest BCUT2D eigenvalue weighted by molar-refractivity contribution is 8.00. The lowest BCUT2D eigenvalue weighted by Crippen LogP contribution is -2.43. The van der Waals surface area contributed by atoms with Crippen molar-refractivity contribution >= 4 is 46.0 Å². The van der Waals surface area contributed by atoms with Crippen molar-refractivity contribution in [2.24, 2.45) is 0 Å². The van der Waals surface area contributed by atoms with Crippen LogP contribution in [-0.4, -0.2) is 43.9 Å². The summed E-state index contributed by atoms with van der Waals surface area (Å²) in [5.74, 6) is -0.227. The fourth-order valence-electron chi connectivity index (χ4n) is 3.36. The highest BCUT2D eigenvalue weighted by atomic mass is 32.2. The van der Waals surface area contributed by atoms with E-state index in [1.807, 2.05) is 48.5 Å². The Labute approximate surface area is 175 Å². The van der Waals surface area contributed by atoms with Gasteiger partial charge in [0.05, 0.1) is 34.4 Å². The van der Waals surface area contributed by atoms with Crippen molar-refractivity contribution in [2.75, 3.05) is 22.5 Å². The van der Waals surface area contributed by atoms with Crippen molar-refractivity contribution in [3.8, 4) is 5.69 Å². The standard InChI is InChI=1S/C21H16N6O2S/c28-18-11-26(17-9-5-4-8-16(17)25-18)19(29)12-30-21-15-10-24-27(20(15)22-13-23-21)14-6-2-1-3-7-14/h1-10,13H,11-12H2,(H,25,28). The molecule has 8 nitrogen and oxygen atoms in total. The Hall–Kier alpha value is -3.72. The third kappa shape index (κ3) is 3.29. The van der Waals surface area contributed by atoms with Gasteiger partial charge in [0, 0.05) is 0 Å². The average Bonchev–Trinajstić information content (AvgIpc) is 3.22. The molecule has 3 heterocycles. The van der Waals surface area contributed by atoms with Crippen LogP contribution < -0.4 is 10.2 Å². The van der Waals surface area contributed by atoms with Crippen LogP contribution >= 0.6 is 11.8 Å². The molecule has 1 N–H and O–H groups in total. The summed E-state index contributed by atoms with van der Waals surface area (Å²) in [6, 6.07) is 17.0. The van der Waals surface area contributed by atoms with Crippen LogP contribution in [0.15, 0.2) is 72.1 Å². The third-order valence-corrected chi connectivity index (χ3v) is 5.72. The maximum atomic E-state index is 12.9. The fraction of sp³-hybridized carbons (Fsp3) is 0.0952. The minimum Gasteiger partial charge on any atom is -0.323 e. The molecular weight excluding hydrogens is 400 g/mol. The third-order valence-electron chi connectivity index (χ3n) is 4.73. The van der Waals surface area contributed by atoms with Crippen LogP contribution in [0.3, 0.4) is 0 Å². The van der Waals surface area contributed by atoms with Gasteiger partial charge in [-0.25, -0.2) is 14.6 Å². The Morgan fingerprint density at radius 3 is 2.73 bits per heavy atom. The van der Waals surface area contributed by atoms with Crippen LogP contribution in [0.25, 0.3) is 16.7 Å². The topological polar surface area (TPSA) is 93.0 Å². The number of amides is 2. The van der Waals surface area contributed by atoms with Gasteiger partial charge in [-0.2, -0.15) is 5.10 Å². The summed E-state index contributed by atoms with van der Waals surface area (Å²) >= 11 is 1.31. The van der Waals surface area contributed by atoms with Crippen LogP contribution in [0.5, 0.6) is 0 Å². The Balaban J connectivity index is 1.39. The molecule has 0 fully saturated rings. The number of nitrogens with zero attached hydrogens (tertiary/aromatic N) is 5. The molecule has 0 radical (unpaired) electrons. The van der Waals surface area contributed by atoms with E-state index in [1.54, 1.807) is 16.9 Å². The lowest BCUT2D eigenvalue weighted by atomic mass is 10.2. The van der Waals surface area contributed by atoms with Gasteiger partial charge in [0.25, 0.3) is 0 Å². The first kappa shape index (κ1) is 18.3. The van der Waals surface area contributed by atoms with Crippen molar-refractivity contribution in [3.63, 3.8) is 0 Å². The molecule has 1 aliphatic heterocycles. The van der Waals surface area contributed by atoms with Gasteiger partial charge in [0.2, 0.25) is 11.8 Å². The summed E-state index contributed by atoms with van der Waals surface area (Å²) in [7, 11) is 0. The van der Waals surface area contributed by atoms with Gasteiger partial charge in [0.1, 0.15) is 17.9 Å². The van der Waals surface area contributed by atoms with Crippen molar-refractivity contribution < 1.29 is 9.59 Å². The molecule has 0 aliphatic carbocycles. The Bertz CT molecular complexity index is 1260. The number of nitrogens with one attached hydrogen (secondary N) is 1. The van der Waals surface area contributed by atoms with Crippen LogP contribution in [0.4, 0.5) is 11.4 Å². The van der Waals surface area contributed by atoms with Gasteiger partial charge in [-0.1, -0.05) is 42.1 Å². The van der Waals surface area contributed by atoms with Crippen molar-refractivity contribution in [2.45, 2.75) is 5.03 Å². The Morgan fingerprint density at radius 2 is 1.87 bits per heavy atom. The summed E-state index contributed by atoms with van der Waals surface area (Å²) in [4.78, 5) is 35.1. The van der Waals surface area contributed by atoms with Gasteiger partial charge >= 0.3 is 0 Å². The van der Waals surface area contributed by atoms with E-state index in [0.29, 0.717) is 22.0 Å². The number of aromatic nitrogens is 4. The van der Waals surface area contributed by atoms with Crippen LogP contribution in [0, 0.1) is 0 Å². The smallest absolute Gasteiger partial charge is 0.244 e. The predicted octanol–water partition coefficient (Wildman–Crippen LogP) is 2.89. The summed E-state index contributed by atoms with van der Waals surface area (Å²) in [5.41, 5.74) is 2.91. The second-order valence-electron chi connectivity index (χ2n) is 6.64. The highest BCUT2D eigenvalue weighted by Gasteiger charge is 2.26. The minimum atomic E-state index is -0.208. The summed E-state index contributed by atoms with van der Waals surface area (Å²) in [6.07, 6.45) is 3.18. The van der Waals surface area contributed by atoms with Gasteiger partial charge < -0.3 is 10.2 Å². The molecule has 9 heteroatoms. The lowest BCUT2D eigenvalue weighted by molar-refractivity contribution is -0.120. The van der Waals surface area contributed by atoms with E-state index in [-0.39, 0.29) is 24.1 Å². The number of anilines is 2. The van der Waals surface area contributed by atoms with Crippen LogP contribution in [0.2, 0.25) is 0 Å². The zero-order chi connectivity index (χ0) is 20.5. The lowest BCUT2D eigenvalue weighted by Gasteiger charge is -2.29. The molecule has 2 amide bonds. The van der Waals surface area contributed by atoms with Gasteiger partial charge in [-0.3, -0.25) is 9.59 Å². The summed E-state index contributed by atoms with van der Waals surface area (Å²) in [5, 5.41) is 8.67. The monoisotopic (exact) mass is 416 g/mol. The van der Waals surface area contributed by atoms with Gasteiger partial charge in [-0.05, 0) is 24.3 Å². The number of carbonyl (C=O) groups excluding carboxylic acids is 2. The van der Waals surface area contributed by atoms with Crippen molar-refractivity contribution in [1.82, 2.24) is 19.7 Å². The first-order chi connectivity index (χ1) is 14.7. The molecular formula is C21H16N6O2S. The SMILES string of the molecule is O=C1CN(C(=O)CSc2ncnc3c2cnn3-c2ccccc2)c2ccccc2N1. The fourth-order valence-corrected chi connectivity index (χ4v) is 4.20. The van der Waals surface area contributed by atoms with Crippen molar-refractivity contribution in [1.29, 1.82) is 0 Å². The molecule has 2 aromatic heterocycles. The normalized spacial score (nSPS) is 13.2. The van der Waals surface area contributed by atoms with Crippen LogP contribution in [0.1, 0.15) is 0 Å². The Morgan fingerprint density at radius 1 is 1.07 bits per heavy atom. The van der Waals surface area contributed by atoms with E-state index in [9.17, 15) is 9.59 Å². The molecule has 5 rings (SSSR count). The van der Waals surface area contributed by atoms with Gasteiger partial charge in [-0.15, -0.1) is 0 Å². The number of benzene rings is 2. The van der Waals surface area contributed by atoms with Crippen LogP contribution in [-0.2, 0) is 9.59 Å². The number of thioether (sulfide) groups is 1. The number of para-hydroxylation sites is 3. The molecule has 0 atom stereocenters. The molecule has 0 spiro atoms. The minimum absolute atomic E-state index is 0.00152. The number of carbonyl (C=O) groups is 2. The number of hydrogen-bond acceptors (Lipinski definition) is 6. The quantitative estimate of drug-likeness (QED) is 0.406. The number of fused-ring (bicyclic) bond motifs is 2. The molecule has 30 heavy (non-hydrogen) atoms. The number of rotatable bonds is 4. The predicted molar refractivity (Wildman–Crippen MR) is 115 cm³/mol. The van der Waals surface area contributed by atoms with E-state index in [0.717, 1.165) is 11.1 Å². The van der Waals surface area contributed by atoms with E-state index < -0.39 is 0 Å². The van der Waals surface area contributed by atoms with E-state index in [1.165, 1.54) is 23.0 Å². The van der Waals surface area contributed by atoms with E-state index >= 15 is 0 Å². The maximum absolute atomic E-state index is 12.9. The molecule has 148 valence electrons.